The highest BCUT2D eigenvalue weighted by molar-refractivity contribution is 6.02. The molecule has 0 spiro atoms. The molecular weight excluding hydrogens is 324 g/mol. The van der Waals surface area contributed by atoms with E-state index in [1.165, 1.54) is 0 Å². The first-order chi connectivity index (χ1) is 12.0. The highest BCUT2D eigenvalue weighted by atomic mass is 16.7. The molecule has 1 aromatic carbocycles. The number of carbonyl (C=O) groups excluding carboxylic acids is 2. The Morgan fingerprint density at radius 3 is 2.60 bits per heavy atom. The summed E-state index contributed by atoms with van der Waals surface area (Å²) >= 11 is 0. The van der Waals surface area contributed by atoms with Crippen molar-refractivity contribution in [2.45, 2.75) is 19.0 Å². The normalized spacial score (nSPS) is 21.4. The quantitative estimate of drug-likeness (QED) is 0.734. The molecule has 1 aromatic rings. The van der Waals surface area contributed by atoms with Gasteiger partial charge in [0.05, 0.1) is 31.2 Å². The zero-order valence-electron chi connectivity index (χ0n) is 14.4. The maximum absolute atomic E-state index is 12.7. The van der Waals surface area contributed by atoms with Gasteiger partial charge in [0.25, 0.3) is 0 Å². The summed E-state index contributed by atoms with van der Waals surface area (Å²) in [4.78, 5) is 29.2. The Hall–Kier alpha value is -2.12. The topological polar surface area (TPSA) is 68.3 Å². The number of hydrogen-bond donors (Lipinski definition) is 0. The number of fused-ring (bicyclic) bond motifs is 1. The first-order valence-electron chi connectivity index (χ1n) is 8.57. The number of amides is 1. The summed E-state index contributed by atoms with van der Waals surface area (Å²) in [6.45, 7) is 4.96. The molecule has 0 bridgehead atoms. The Balaban J connectivity index is 1.37. The molecule has 134 valence electrons. The predicted octanol–water partition coefficient (Wildman–Crippen LogP) is 0.775. The van der Waals surface area contributed by atoms with Gasteiger partial charge in [-0.05, 0) is 25.1 Å². The second-order valence-electron chi connectivity index (χ2n) is 6.90. The van der Waals surface area contributed by atoms with Crippen molar-refractivity contribution in [2.75, 3.05) is 40.1 Å². The van der Waals surface area contributed by atoms with Gasteiger partial charge in [-0.2, -0.15) is 0 Å². The predicted molar refractivity (Wildman–Crippen MR) is 88.8 cm³/mol. The van der Waals surface area contributed by atoms with E-state index in [-0.39, 0.29) is 24.4 Å². The molecule has 3 aliphatic rings. The van der Waals surface area contributed by atoms with Crippen molar-refractivity contribution in [2.24, 2.45) is 5.92 Å². The SMILES string of the molecule is C[C@H](C(=O)c1ccc2c(c1)OCO2)N(C)C(=O)C1CN(C2COC2)C1. The minimum Gasteiger partial charge on any atom is -0.454 e. The van der Waals surface area contributed by atoms with Crippen LogP contribution in [0.5, 0.6) is 11.5 Å². The Bertz CT molecular complexity index is 697. The van der Waals surface area contributed by atoms with Crippen molar-refractivity contribution in [3.05, 3.63) is 23.8 Å². The minimum atomic E-state index is -0.519. The van der Waals surface area contributed by atoms with Crippen LogP contribution in [0.2, 0.25) is 0 Å². The summed E-state index contributed by atoms with van der Waals surface area (Å²) in [5.74, 6) is 1.11. The summed E-state index contributed by atoms with van der Waals surface area (Å²) in [5.41, 5.74) is 0.526. The van der Waals surface area contributed by atoms with Gasteiger partial charge in [-0.3, -0.25) is 14.5 Å². The third kappa shape index (κ3) is 2.87. The van der Waals surface area contributed by atoms with Gasteiger partial charge in [0.2, 0.25) is 12.7 Å². The summed E-state index contributed by atoms with van der Waals surface area (Å²) < 4.78 is 15.8. The van der Waals surface area contributed by atoms with Crippen LogP contribution in [0.25, 0.3) is 0 Å². The standard InChI is InChI=1S/C18H22N2O5/c1-11(17(21)12-3-4-15-16(5-12)25-10-24-15)19(2)18(22)13-6-20(7-13)14-8-23-9-14/h3-5,11,13-14H,6-10H2,1-2H3/t11-/m1/s1. The van der Waals surface area contributed by atoms with E-state index < -0.39 is 6.04 Å². The Morgan fingerprint density at radius 1 is 1.20 bits per heavy atom. The van der Waals surface area contributed by atoms with Crippen molar-refractivity contribution in [3.63, 3.8) is 0 Å². The Labute approximate surface area is 146 Å². The first kappa shape index (κ1) is 16.4. The van der Waals surface area contributed by atoms with E-state index in [1.54, 1.807) is 37.1 Å². The fourth-order valence-electron chi connectivity index (χ4n) is 3.35. The lowest BCUT2D eigenvalue weighted by molar-refractivity contribution is -0.149. The van der Waals surface area contributed by atoms with E-state index in [2.05, 4.69) is 4.90 Å². The molecule has 0 aliphatic carbocycles. The van der Waals surface area contributed by atoms with Crippen LogP contribution in [0.1, 0.15) is 17.3 Å². The van der Waals surface area contributed by atoms with Crippen molar-refractivity contribution in [1.29, 1.82) is 0 Å². The summed E-state index contributed by atoms with van der Waals surface area (Å²) in [5, 5.41) is 0. The lowest BCUT2D eigenvalue weighted by Gasteiger charge is -2.47. The maximum Gasteiger partial charge on any atom is 0.231 e. The number of ether oxygens (including phenoxy) is 3. The average molecular weight is 346 g/mol. The van der Waals surface area contributed by atoms with Gasteiger partial charge in [-0.25, -0.2) is 0 Å². The van der Waals surface area contributed by atoms with E-state index in [0.717, 1.165) is 26.3 Å². The van der Waals surface area contributed by atoms with Crippen LogP contribution >= 0.6 is 0 Å². The van der Waals surface area contributed by atoms with Gasteiger partial charge in [-0.1, -0.05) is 0 Å². The third-order valence-corrected chi connectivity index (χ3v) is 5.36. The van der Waals surface area contributed by atoms with Crippen molar-refractivity contribution in [1.82, 2.24) is 9.80 Å². The molecule has 1 amide bonds. The van der Waals surface area contributed by atoms with E-state index in [9.17, 15) is 9.59 Å². The number of hydrogen-bond acceptors (Lipinski definition) is 6. The lowest BCUT2D eigenvalue weighted by atomic mass is 9.94. The van der Waals surface area contributed by atoms with Crippen LogP contribution in [0.15, 0.2) is 18.2 Å². The number of carbonyl (C=O) groups is 2. The van der Waals surface area contributed by atoms with Crippen LogP contribution in [0, 0.1) is 5.92 Å². The van der Waals surface area contributed by atoms with Gasteiger partial charge in [-0.15, -0.1) is 0 Å². The van der Waals surface area contributed by atoms with Crippen LogP contribution in [-0.2, 0) is 9.53 Å². The van der Waals surface area contributed by atoms with Crippen LogP contribution < -0.4 is 9.47 Å². The second kappa shape index (κ2) is 6.31. The van der Waals surface area contributed by atoms with E-state index in [1.807, 2.05) is 0 Å². The van der Waals surface area contributed by atoms with Crippen LogP contribution in [0.3, 0.4) is 0 Å². The molecule has 2 saturated heterocycles. The number of likely N-dealkylation sites (tertiary alicyclic amines) is 1. The number of Topliss-reactive ketones (excluding diaryl/α,β-unsaturated/α-hetero) is 1. The molecular formula is C18H22N2O5. The molecule has 25 heavy (non-hydrogen) atoms. The second-order valence-corrected chi connectivity index (χ2v) is 6.90. The molecule has 7 heteroatoms. The smallest absolute Gasteiger partial charge is 0.231 e. The third-order valence-electron chi connectivity index (χ3n) is 5.36. The molecule has 0 unspecified atom stereocenters. The van der Waals surface area contributed by atoms with Crippen LogP contribution in [-0.4, -0.2) is 73.7 Å². The van der Waals surface area contributed by atoms with E-state index in [4.69, 9.17) is 14.2 Å². The van der Waals surface area contributed by atoms with E-state index >= 15 is 0 Å². The summed E-state index contributed by atoms with van der Waals surface area (Å²) in [6, 6.07) is 5.07. The number of benzene rings is 1. The van der Waals surface area contributed by atoms with Crippen molar-refractivity contribution < 1.29 is 23.8 Å². The molecule has 7 nitrogen and oxygen atoms in total. The number of nitrogens with zero attached hydrogens (tertiary/aromatic N) is 2. The minimum absolute atomic E-state index is 0.0260. The first-order valence-corrected chi connectivity index (χ1v) is 8.57. The van der Waals surface area contributed by atoms with Crippen molar-refractivity contribution >= 4 is 11.7 Å². The molecule has 3 heterocycles. The average Bonchev–Trinajstić information content (AvgIpc) is 3.00. The summed E-state index contributed by atoms with van der Waals surface area (Å²) in [7, 11) is 1.70. The zero-order valence-corrected chi connectivity index (χ0v) is 14.4. The molecule has 2 fully saturated rings. The monoisotopic (exact) mass is 346 g/mol. The largest absolute Gasteiger partial charge is 0.454 e. The summed E-state index contributed by atoms with van der Waals surface area (Å²) in [6.07, 6.45) is 0. The molecule has 0 saturated carbocycles. The fraction of sp³-hybridized carbons (Fsp3) is 0.556. The molecule has 0 radical (unpaired) electrons. The van der Waals surface area contributed by atoms with Crippen LogP contribution in [0.4, 0.5) is 0 Å². The number of ketones is 1. The maximum atomic E-state index is 12.7. The molecule has 0 N–H and O–H groups in total. The highest BCUT2D eigenvalue weighted by Gasteiger charge is 2.41. The lowest BCUT2D eigenvalue weighted by Crippen LogP contribution is -2.63. The van der Waals surface area contributed by atoms with E-state index in [0.29, 0.717) is 23.1 Å². The molecule has 4 rings (SSSR count). The molecule has 1 atom stereocenters. The highest BCUT2D eigenvalue weighted by Crippen LogP contribution is 2.33. The fourth-order valence-corrected chi connectivity index (χ4v) is 3.35. The van der Waals surface area contributed by atoms with Gasteiger partial charge in [0.1, 0.15) is 0 Å². The Morgan fingerprint density at radius 2 is 1.92 bits per heavy atom. The Kier molecular flexibility index (Phi) is 4.13. The molecule has 0 aromatic heterocycles. The van der Waals surface area contributed by atoms with Gasteiger partial charge < -0.3 is 19.1 Å². The molecule has 3 aliphatic heterocycles. The van der Waals surface area contributed by atoms with Crippen molar-refractivity contribution in [3.8, 4) is 11.5 Å². The van der Waals surface area contributed by atoms with Gasteiger partial charge >= 0.3 is 0 Å². The van der Waals surface area contributed by atoms with Gasteiger partial charge in [0.15, 0.2) is 17.3 Å². The number of rotatable bonds is 5. The zero-order chi connectivity index (χ0) is 17.6. The number of likely N-dealkylation sites (N-methyl/N-ethyl adjacent to an activating group) is 1. The van der Waals surface area contributed by atoms with Gasteiger partial charge in [0, 0.05) is 25.7 Å².